The molecule has 0 amide bonds. The molecule has 0 bridgehead atoms. The number of sulfonamides is 1. The van der Waals surface area contributed by atoms with Gasteiger partial charge in [0, 0.05) is 43.8 Å². The highest BCUT2D eigenvalue weighted by molar-refractivity contribution is 7.92. The lowest BCUT2D eigenvalue weighted by Gasteiger charge is -2.09. The number of nitrogens with one attached hydrogen (secondary N) is 1. The van der Waals surface area contributed by atoms with Crippen molar-refractivity contribution in [2.45, 2.75) is 11.8 Å². The van der Waals surface area contributed by atoms with Gasteiger partial charge in [-0.05, 0) is 30.7 Å². The van der Waals surface area contributed by atoms with Gasteiger partial charge in [-0.1, -0.05) is 6.07 Å². The fourth-order valence-electron chi connectivity index (χ4n) is 3.59. The van der Waals surface area contributed by atoms with E-state index in [2.05, 4.69) is 24.9 Å². The van der Waals surface area contributed by atoms with Gasteiger partial charge in [-0.25, -0.2) is 13.4 Å². The largest absolute Gasteiger partial charge is 0.278 e. The fraction of sp³-hybridized carbons (Fsp3) is 0.136. The molecule has 1 N–H and O–H groups in total. The minimum absolute atomic E-state index is 0.124. The van der Waals surface area contributed by atoms with E-state index in [0.717, 1.165) is 27.9 Å². The van der Waals surface area contributed by atoms with E-state index in [4.69, 9.17) is 4.98 Å². The first-order valence-corrected chi connectivity index (χ1v) is 11.5. The third-order valence-electron chi connectivity index (χ3n) is 5.12. The smallest absolute Gasteiger partial charge is 0.265 e. The molecule has 0 saturated carbocycles. The van der Waals surface area contributed by atoms with Crippen molar-refractivity contribution in [3.05, 3.63) is 67.1 Å². The average molecular weight is 461 g/mol. The number of aryl methyl sites for hydroxylation is 3. The van der Waals surface area contributed by atoms with Crippen LogP contribution in [0.15, 0.2) is 66.3 Å². The Hall–Kier alpha value is -4.12. The van der Waals surface area contributed by atoms with Gasteiger partial charge in [0.05, 0.1) is 46.7 Å². The molecular weight excluding hydrogens is 440 g/mol. The van der Waals surface area contributed by atoms with Crippen LogP contribution in [0.25, 0.3) is 33.4 Å². The molecule has 0 aliphatic rings. The number of nitrogens with zero attached hydrogens (tertiary/aromatic N) is 7. The minimum atomic E-state index is -3.79. The summed E-state index contributed by atoms with van der Waals surface area (Å²) in [4.78, 5) is 13.6. The van der Waals surface area contributed by atoms with Crippen LogP contribution >= 0.6 is 0 Å². The van der Waals surface area contributed by atoms with Gasteiger partial charge in [-0.3, -0.25) is 24.1 Å². The van der Waals surface area contributed by atoms with Gasteiger partial charge < -0.3 is 0 Å². The first-order chi connectivity index (χ1) is 15.8. The SMILES string of the molecule is Cc1nn(C)cc1S(=O)(=O)Nc1cncc(-c2ccc3ncc(-c4cnn(C)c4)nc3c2)c1. The molecule has 0 aliphatic carbocycles. The molecule has 0 atom stereocenters. The molecule has 33 heavy (non-hydrogen) atoms. The molecule has 0 radical (unpaired) electrons. The molecule has 166 valence electrons. The Morgan fingerprint density at radius 3 is 2.45 bits per heavy atom. The van der Waals surface area contributed by atoms with Crippen molar-refractivity contribution in [2.24, 2.45) is 14.1 Å². The summed E-state index contributed by atoms with van der Waals surface area (Å²) in [5.74, 6) is 0. The van der Waals surface area contributed by atoms with Gasteiger partial charge in [0.2, 0.25) is 0 Å². The lowest BCUT2D eigenvalue weighted by atomic mass is 10.1. The second kappa shape index (κ2) is 7.78. The molecule has 0 saturated heterocycles. The Morgan fingerprint density at radius 2 is 1.73 bits per heavy atom. The first kappa shape index (κ1) is 20.8. The maximum atomic E-state index is 12.8. The molecule has 10 nitrogen and oxygen atoms in total. The Bertz CT molecular complexity index is 1600. The van der Waals surface area contributed by atoms with Crippen LogP contribution in [0.5, 0.6) is 0 Å². The topological polar surface area (TPSA) is 120 Å². The Morgan fingerprint density at radius 1 is 0.879 bits per heavy atom. The van der Waals surface area contributed by atoms with Gasteiger partial charge in [-0.2, -0.15) is 10.2 Å². The van der Waals surface area contributed by atoms with Crippen LogP contribution in [-0.4, -0.2) is 42.9 Å². The van der Waals surface area contributed by atoms with Crippen LogP contribution in [-0.2, 0) is 24.1 Å². The van der Waals surface area contributed by atoms with Gasteiger partial charge in [0.15, 0.2) is 0 Å². The molecule has 4 aromatic heterocycles. The van der Waals surface area contributed by atoms with Gasteiger partial charge in [-0.15, -0.1) is 0 Å². The summed E-state index contributed by atoms with van der Waals surface area (Å²) in [5, 5.41) is 8.29. The molecule has 0 unspecified atom stereocenters. The van der Waals surface area contributed by atoms with E-state index in [1.54, 1.807) is 43.3 Å². The van der Waals surface area contributed by atoms with Crippen molar-refractivity contribution in [2.75, 3.05) is 4.72 Å². The predicted octanol–water partition coefficient (Wildman–Crippen LogP) is 2.94. The van der Waals surface area contributed by atoms with E-state index in [1.165, 1.54) is 17.1 Å². The summed E-state index contributed by atoms with van der Waals surface area (Å²) < 4.78 is 31.4. The van der Waals surface area contributed by atoms with Crippen LogP contribution in [0, 0.1) is 6.92 Å². The normalized spacial score (nSPS) is 11.7. The van der Waals surface area contributed by atoms with Crippen molar-refractivity contribution in [1.82, 2.24) is 34.5 Å². The zero-order valence-corrected chi connectivity index (χ0v) is 18.9. The number of rotatable bonds is 5. The number of hydrogen-bond acceptors (Lipinski definition) is 7. The molecule has 11 heteroatoms. The lowest BCUT2D eigenvalue weighted by molar-refractivity contribution is 0.600. The number of benzene rings is 1. The zero-order chi connectivity index (χ0) is 23.2. The number of fused-ring (bicyclic) bond motifs is 1. The third kappa shape index (κ3) is 4.05. The number of pyridine rings is 1. The van der Waals surface area contributed by atoms with E-state index in [9.17, 15) is 8.42 Å². The van der Waals surface area contributed by atoms with Crippen LogP contribution in [0.1, 0.15) is 5.69 Å². The van der Waals surface area contributed by atoms with Gasteiger partial charge in [0.25, 0.3) is 10.0 Å². The highest BCUT2D eigenvalue weighted by atomic mass is 32.2. The molecule has 1 aromatic carbocycles. The molecule has 0 aliphatic heterocycles. The standard InChI is InChI=1S/C22H20N8O2S/c1-14-22(13-30(3)27-14)33(31,32)28-18-6-16(8-23-10-18)15-4-5-19-20(7-15)26-21(11-24-19)17-9-25-29(2)12-17/h4-13,28H,1-3H3. The fourth-order valence-corrected chi connectivity index (χ4v) is 4.84. The van der Waals surface area contributed by atoms with Crippen molar-refractivity contribution in [1.29, 1.82) is 0 Å². The summed E-state index contributed by atoms with van der Waals surface area (Å²) in [6, 6.07) is 7.42. The van der Waals surface area contributed by atoms with E-state index in [-0.39, 0.29) is 4.90 Å². The number of hydrogen-bond donors (Lipinski definition) is 1. The Kier molecular flexibility index (Phi) is 4.90. The van der Waals surface area contributed by atoms with Crippen molar-refractivity contribution in [3.8, 4) is 22.4 Å². The van der Waals surface area contributed by atoms with E-state index in [1.807, 2.05) is 31.4 Å². The number of aromatic nitrogens is 7. The van der Waals surface area contributed by atoms with Gasteiger partial charge >= 0.3 is 0 Å². The van der Waals surface area contributed by atoms with E-state index >= 15 is 0 Å². The highest BCUT2D eigenvalue weighted by Gasteiger charge is 2.20. The number of anilines is 1. The van der Waals surface area contributed by atoms with Crippen molar-refractivity contribution in [3.63, 3.8) is 0 Å². The van der Waals surface area contributed by atoms with Crippen LogP contribution in [0.4, 0.5) is 5.69 Å². The molecule has 5 aromatic rings. The maximum absolute atomic E-state index is 12.8. The van der Waals surface area contributed by atoms with E-state index < -0.39 is 10.0 Å². The first-order valence-electron chi connectivity index (χ1n) is 10.0. The van der Waals surface area contributed by atoms with E-state index in [0.29, 0.717) is 16.9 Å². The summed E-state index contributed by atoms with van der Waals surface area (Å²) in [6.45, 7) is 1.65. The second-order valence-corrected chi connectivity index (χ2v) is 9.33. The molecule has 4 heterocycles. The zero-order valence-electron chi connectivity index (χ0n) is 18.1. The predicted molar refractivity (Wildman–Crippen MR) is 124 cm³/mol. The van der Waals surface area contributed by atoms with Crippen LogP contribution in [0.2, 0.25) is 0 Å². The third-order valence-corrected chi connectivity index (χ3v) is 6.61. The monoisotopic (exact) mass is 460 g/mol. The van der Waals surface area contributed by atoms with Crippen molar-refractivity contribution < 1.29 is 8.42 Å². The molecule has 0 fully saturated rings. The second-order valence-electron chi connectivity index (χ2n) is 7.68. The maximum Gasteiger partial charge on any atom is 0.265 e. The van der Waals surface area contributed by atoms with Crippen LogP contribution in [0.3, 0.4) is 0 Å². The Labute approximate surface area is 190 Å². The minimum Gasteiger partial charge on any atom is -0.278 e. The molecule has 0 spiro atoms. The Balaban J connectivity index is 1.49. The van der Waals surface area contributed by atoms with Crippen molar-refractivity contribution >= 4 is 26.7 Å². The molecule has 5 rings (SSSR count). The van der Waals surface area contributed by atoms with Crippen LogP contribution < -0.4 is 4.72 Å². The summed E-state index contributed by atoms with van der Waals surface area (Å²) in [5.41, 5.74) is 5.42. The summed E-state index contributed by atoms with van der Waals surface area (Å²) in [7, 11) is -0.270. The average Bonchev–Trinajstić information content (AvgIpc) is 3.37. The quantitative estimate of drug-likeness (QED) is 0.428. The lowest BCUT2D eigenvalue weighted by Crippen LogP contribution is -2.13. The van der Waals surface area contributed by atoms with Gasteiger partial charge in [0.1, 0.15) is 4.90 Å². The highest BCUT2D eigenvalue weighted by Crippen LogP contribution is 2.27. The summed E-state index contributed by atoms with van der Waals surface area (Å²) in [6.07, 6.45) is 9.94. The molecular formula is C22H20N8O2S. The summed E-state index contributed by atoms with van der Waals surface area (Å²) >= 11 is 0.